The van der Waals surface area contributed by atoms with Gasteiger partial charge in [-0.1, -0.05) is 28.1 Å². The molecule has 1 aromatic rings. The summed E-state index contributed by atoms with van der Waals surface area (Å²) in [6, 6.07) is 5.84. The standard InChI is InChI=1S/C12H13BrO2/c1-8-4-5-9(7-10(8)13)12(14)11-3-2-6-15-11/h3-5,7,12,14H,2,6H2,1H3. The maximum Gasteiger partial charge on any atom is 0.136 e. The fourth-order valence-electron chi connectivity index (χ4n) is 1.57. The fraction of sp³-hybridized carbons (Fsp3) is 0.333. The lowest BCUT2D eigenvalue weighted by Gasteiger charge is -2.13. The normalized spacial score (nSPS) is 17.1. The highest BCUT2D eigenvalue weighted by atomic mass is 79.9. The highest BCUT2D eigenvalue weighted by Crippen LogP contribution is 2.29. The van der Waals surface area contributed by atoms with Gasteiger partial charge < -0.3 is 9.84 Å². The number of benzene rings is 1. The summed E-state index contributed by atoms with van der Waals surface area (Å²) < 4.78 is 6.35. The first-order valence-corrected chi connectivity index (χ1v) is 5.75. The largest absolute Gasteiger partial charge is 0.495 e. The molecule has 0 saturated heterocycles. The third kappa shape index (κ3) is 2.24. The van der Waals surface area contributed by atoms with E-state index in [0.29, 0.717) is 12.4 Å². The Bertz CT molecular complexity index is 399. The van der Waals surface area contributed by atoms with E-state index in [1.165, 1.54) is 0 Å². The van der Waals surface area contributed by atoms with Gasteiger partial charge in [0, 0.05) is 10.9 Å². The van der Waals surface area contributed by atoms with Gasteiger partial charge >= 0.3 is 0 Å². The van der Waals surface area contributed by atoms with Crippen LogP contribution in [0, 0.1) is 6.92 Å². The molecule has 80 valence electrons. The SMILES string of the molecule is Cc1ccc(C(O)C2=CCCO2)cc1Br. The van der Waals surface area contributed by atoms with Crippen LogP contribution in [0.15, 0.2) is 34.5 Å². The highest BCUT2D eigenvalue weighted by molar-refractivity contribution is 9.10. The summed E-state index contributed by atoms with van der Waals surface area (Å²) in [5.74, 6) is 0.672. The van der Waals surface area contributed by atoms with Crippen LogP contribution in [0.1, 0.15) is 23.7 Å². The average Bonchev–Trinajstić information content (AvgIpc) is 2.74. The molecule has 1 atom stereocenters. The van der Waals surface area contributed by atoms with Gasteiger partial charge in [0.05, 0.1) is 6.61 Å². The van der Waals surface area contributed by atoms with Crippen LogP contribution in [-0.2, 0) is 4.74 Å². The summed E-state index contributed by atoms with van der Waals surface area (Å²) in [4.78, 5) is 0. The van der Waals surface area contributed by atoms with Gasteiger partial charge in [-0.3, -0.25) is 0 Å². The van der Waals surface area contributed by atoms with E-state index < -0.39 is 6.10 Å². The molecule has 0 saturated carbocycles. The van der Waals surface area contributed by atoms with E-state index in [2.05, 4.69) is 15.9 Å². The van der Waals surface area contributed by atoms with E-state index in [0.717, 1.165) is 22.0 Å². The van der Waals surface area contributed by atoms with Gasteiger partial charge in [-0.05, 0) is 30.2 Å². The van der Waals surface area contributed by atoms with Crippen molar-refractivity contribution >= 4 is 15.9 Å². The number of ether oxygens (including phenoxy) is 1. The smallest absolute Gasteiger partial charge is 0.136 e. The number of halogens is 1. The maximum absolute atomic E-state index is 10.0. The lowest BCUT2D eigenvalue weighted by atomic mass is 10.1. The topological polar surface area (TPSA) is 29.5 Å². The van der Waals surface area contributed by atoms with Gasteiger partial charge in [-0.25, -0.2) is 0 Å². The van der Waals surface area contributed by atoms with Crippen LogP contribution in [0.4, 0.5) is 0 Å². The fourth-order valence-corrected chi connectivity index (χ4v) is 1.97. The lowest BCUT2D eigenvalue weighted by molar-refractivity contribution is 0.119. The zero-order valence-corrected chi connectivity index (χ0v) is 10.1. The number of hydrogen-bond donors (Lipinski definition) is 1. The quantitative estimate of drug-likeness (QED) is 0.894. The van der Waals surface area contributed by atoms with Crippen molar-refractivity contribution in [3.8, 4) is 0 Å². The Kier molecular flexibility index (Phi) is 3.12. The molecule has 3 heteroatoms. The van der Waals surface area contributed by atoms with Gasteiger partial charge in [0.2, 0.25) is 0 Å². The van der Waals surface area contributed by atoms with Crippen molar-refractivity contribution in [2.45, 2.75) is 19.4 Å². The zero-order valence-electron chi connectivity index (χ0n) is 8.53. The molecule has 2 nitrogen and oxygen atoms in total. The first-order chi connectivity index (χ1) is 7.18. The Morgan fingerprint density at radius 1 is 1.47 bits per heavy atom. The third-order valence-electron chi connectivity index (χ3n) is 2.51. The Hall–Kier alpha value is -0.800. The Balaban J connectivity index is 2.25. The highest BCUT2D eigenvalue weighted by Gasteiger charge is 2.18. The molecule has 0 spiro atoms. The molecule has 0 radical (unpaired) electrons. The number of aliphatic hydroxyl groups excluding tert-OH is 1. The second-order valence-electron chi connectivity index (χ2n) is 3.65. The molecular formula is C12H13BrO2. The van der Waals surface area contributed by atoms with Gasteiger partial charge in [-0.2, -0.15) is 0 Å². The maximum atomic E-state index is 10.0. The second kappa shape index (κ2) is 4.37. The lowest BCUT2D eigenvalue weighted by Crippen LogP contribution is -2.02. The van der Waals surface area contributed by atoms with E-state index in [1.54, 1.807) is 0 Å². The summed E-state index contributed by atoms with van der Waals surface area (Å²) in [6.07, 6.45) is 2.20. The average molecular weight is 269 g/mol. The molecule has 1 aromatic carbocycles. The summed E-state index contributed by atoms with van der Waals surface area (Å²) in [6.45, 7) is 2.70. The minimum atomic E-state index is -0.635. The predicted octanol–water partition coefficient (Wildman–Crippen LogP) is 3.10. The molecule has 0 bridgehead atoms. The Labute approximate surface area is 97.7 Å². The van der Waals surface area contributed by atoms with Crippen molar-refractivity contribution < 1.29 is 9.84 Å². The van der Waals surface area contributed by atoms with Crippen molar-refractivity contribution in [2.24, 2.45) is 0 Å². The van der Waals surface area contributed by atoms with Crippen molar-refractivity contribution in [3.05, 3.63) is 45.6 Å². The number of hydrogen-bond acceptors (Lipinski definition) is 2. The van der Waals surface area contributed by atoms with Gasteiger partial charge in [0.15, 0.2) is 0 Å². The number of aliphatic hydroxyl groups is 1. The van der Waals surface area contributed by atoms with Crippen molar-refractivity contribution in [1.82, 2.24) is 0 Å². The van der Waals surface area contributed by atoms with Crippen LogP contribution in [0.3, 0.4) is 0 Å². The van der Waals surface area contributed by atoms with Crippen LogP contribution < -0.4 is 0 Å². The molecule has 1 aliphatic rings. The summed E-state index contributed by atoms with van der Waals surface area (Å²) >= 11 is 3.45. The first-order valence-electron chi connectivity index (χ1n) is 4.95. The monoisotopic (exact) mass is 268 g/mol. The van der Waals surface area contributed by atoms with Gasteiger partial charge in [0.1, 0.15) is 11.9 Å². The minimum Gasteiger partial charge on any atom is -0.495 e. The molecule has 0 aliphatic carbocycles. The van der Waals surface area contributed by atoms with E-state index in [-0.39, 0.29) is 0 Å². The van der Waals surface area contributed by atoms with Crippen LogP contribution in [0.2, 0.25) is 0 Å². The summed E-state index contributed by atoms with van der Waals surface area (Å²) in [5.41, 5.74) is 2.02. The van der Waals surface area contributed by atoms with Gasteiger partial charge in [0.25, 0.3) is 0 Å². The van der Waals surface area contributed by atoms with Crippen LogP contribution in [0.25, 0.3) is 0 Å². The van der Waals surface area contributed by atoms with Crippen molar-refractivity contribution in [1.29, 1.82) is 0 Å². The van der Waals surface area contributed by atoms with Crippen molar-refractivity contribution in [2.75, 3.05) is 6.61 Å². The summed E-state index contributed by atoms with van der Waals surface area (Å²) in [7, 11) is 0. The molecule has 15 heavy (non-hydrogen) atoms. The molecule has 1 N–H and O–H groups in total. The summed E-state index contributed by atoms with van der Waals surface area (Å²) in [5, 5.41) is 10.0. The Morgan fingerprint density at radius 2 is 2.27 bits per heavy atom. The number of aryl methyl sites for hydroxylation is 1. The molecule has 0 fully saturated rings. The predicted molar refractivity (Wildman–Crippen MR) is 62.5 cm³/mol. The Morgan fingerprint density at radius 3 is 2.87 bits per heavy atom. The van der Waals surface area contributed by atoms with Crippen molar-refractivity contribution in [3.63, 3.8) is 0 Å². The van der Waals surface area contributed by atoms with Crippen LogP contribution in [0.5, 0.6) is 0 Å². The zero-order chi connectivity index (χ0) is 10.8. The molecule has 0 aromatic heterocycles. The molecule has 0 amide bonds. The second-order valence-corrected chi connectivity index (χ2v) is 4.51. The number of rotatable bonds is 2. The molecule has 1 unspecified atom stereocenters. The van der Waals surface area contributed by atoms with Crippen LogP contribution in [-0.4, -0.2) is 11.7 Å². The van der Waals surface area contributed by atoms with E-state index in [4.69, 9.17) is 4.74 Å². The van der Waals surface area contributed by atoms with E-state index in [9.17, 15) is 5.11 Å². The molecule has 2 rings (SSSR count). The van der Waals surface area contributed by atoms with E-state index in [1.807, 2.05) is 31.2 Å². The molecule has 1 aliphatic heterocycles. The molecular weight excluding hydrogens is 256 g/mol. The van der Waals surface area contributed by atoms with Crippen LogP contribution >= 0.6 is 15.9 Å². The van der Waals surface area contributed by atoms with Gasteiger partial charge in [-0.15, -0.1) is 0 Å². The minimum absolute atomic E-state index is 0.635. The first kappa shape index (κ1) is 10.7. The third-order valence-corrected chi connectivity index (χ3v) is 3.37. The molecule has 1 heterocycles. The van der Waals surface area contributed by atoms with E-state index >= 15 is 0 Å².